The number of β-amino-alcohol motifs (C(OH)–C–C–N with tert-alkyl or cyclic N) is 1. The van der Waals surface area contributed by atoms with Gasteiger partial charge in [-0.15, -0.1) is 0 Å². The van der Waals surface area contributed by atoms with Crippen LogP contribution in [0.25, 0.3) is 0 Å². The van der Waals surface area contributed by atoms with Crippen LogP contribution in [-0.2, 0) is 21.4 Å². The van der Waals surface area contributed by atoms with Gasteiger partial charge in [-0.05, 0) is 67.6 Å². The summed E-state index contributed by atoms with van der Waals surface area (Å²) in [7, 11) is -4.00. The van der Waals surface area contributed by atoms with E-state index in [0.717, 1.165) is 12.8 Å². The number of aliphatic hydroxyl groups is 1. The smallest absolute Gasteiger partial charge is 0.253 e. The van der Waals surface area contributed by atoms with Crippen molar-refractivity contribution in [3.8, 4) is 0 Å². The van der Waals surface area contributed by atoms with Gasteiger partial charge in [-0.1, -0.05) is 23.7 Å². The first kappa shape index (κ1) is 24.7. The maximum atomic E-state index is 13.6. The van der Waals surface area contributed by atoms with E-state index in [1.54, 1.807) is 29.2 Å². The minimum absolute atomic E-state index is 0.0139. The van der Waals surface area contributed by atoms with Crippen LogP contribution in [0.15, 0.2) is 53.4 Å². The standard InChI is InChI=1S/C24H28ClN3O5S/c25-19-8-10-21(11-9-19)34(32,33)28(22-3-1-2-13-26-23(22)30)15-17-4-6-18(7-5-17)24(31)27-14-12-20(29)16-27/h4-11,20,22,29H,1-3,12-16H2,(H,26,30). The Morgan fingerprint density at radius 2 is 1.79 bits per heavy atom. The van der Waals surface area contributed by atoms with E-state index < -0.39 is 22.2 Å². The van der Waals surface area contributed by atoms with Crippen molar-refractivity contribution in [2.24, 2.45) is 0 Å². The van der Waals surface area contributed by atoms with Gasteiger partial charge in [0.2, 0.25) is 15.9 Å². The summed E-state index contributed by atoms with van der Waals surface area (Å²) in [5, 5.41) is 12.9. The lowest BCUT2D eigenvalue weighted by Crippen LogP contribution is -2.48. The van der Waals surface area contributed by atoms with Gasteiger partial charge in [0.15, 0.2) is 0 Å². The Morgan fingerprint density at radius 3 is 2.44 bits per heavy atom. The number of likely N-dealkylation sites (tertiary alicyclic amines) is 1. The van der Waals surface area contributed by atoms with Crippen LogP contribution in [0.3, 0.4) is 0 Å². The van der Waals surface area contributed by atoms with Crippen molar-refractivity contribution in [2.75, 3.05) is 19.6 Å². The molecule has 2 aliphatic heterocycles. The first-order chi connectivity index (χ1) is 16.3. The number of hydrogen-bond acceptors (Lipinski definition) is 5. The molecule has 2 fully saturated rings. The van der Waals surface area contributed by atoms with Crippen LogP contribution in [-0.4, -0.2) is 66.3 Å². The molecule has 2 aromatic carbocycles. The van der Waals surface area contributed by atoms with Crippen LogP contribution in [0.1, 0.15) is 41.6 Å². The minimum atomic E-state index is -4.00. The molecule has 2 aliphatic rings. The molecule has 34 heavy (non-hydrogen) atoms. The summed E-state index contributed by atoms with van der Waals surface area (Å²) in [6, 6.07) is 11.8. The Kier molecular flexibility index (Phi) is 7.57. The third-order valence-electron chi connectivity index (χ3n) is 6.26. The zero-order valence-electron chi connectivity index (χ0n) is 18.7. The molecule has 182 valence electrons. The van der Waals surface area contributed by atoms with Gasteiger partial charge in [-0.25, -0.2) is 8.42 Å². The van der Waals surface area contributed by atoms with Gasteiger partial charge in [0.1, 0.15) is 6.04 Å². The van der Waals surface area contributed by atoms with E-state index in [0.29, 0.717) is 48.6 Å². The summed E-state index contributed by atoms with van der Waals surface area (Å²) in [5.41, 5.74) is 1.13. The van der Waals surface area contributed by atoms with Crippen molar-refractivity contribution >= 4 is 33.4 Å². The molecule has 0 radical (unpaired) electrons. The number of carbonyl (C=O) groups excluding carboxylic acids is 2. The molecule has 2 aromatic rings. The van der Waals surface area contributed by atoms with Gasteiger partial charge in [0, 0.05) is 36.8 Å². The van der Waals surface area contributed by atoms with Crippen molar-refractivity contribution in [1.29, 1.82) is 0 Å². The second kappa shape index (κ2) is 10.4. The van der Waals surface area contributed by atoms with Crippen molar-refractivity contribution in [3.05, 3.63) is 64.7 Å². The second-order valence-corrected chi connectivity index (χ2v) is 11.0. The Balaban J connectivity index is 1.61. The van der Waals surface area contributed by atoms with Gasteiger partial charge >= 0.3 is 0 Å². The quantitative estimate of drug-likeness (QED) is 0.627. The molecule has 0 saturated carbocycles. The summed E-state index contributed by atoms with van der Waals surface area (Å²) >= 11 is 5.94. The molecule has 0 aliphatic carbocycles. The van der Waals surface area contributed by atoms with Crippen molar-refractivity contribution in [2.45, 2.75) is 49.3 Å². The number of nitrogens with one attached hydrogen (secondary N) is 1. The molecule has 2 unspecified atom stereocenters. The van der Waals surface area contributed by atoms with E-state index in [2.05, 4.69) is 5.32 Å². The topological polar surface area (TPSA) is 107 Å². The first-order valence-electron chi connectivity index (χ1n) is 11.4. The lowest BCUT2D eigenvalue weighted by Gasteiger charge is -2.29. The Hall–Kier alpha value is -2.46. The predicted molar refractivity (Wildman–Crippen MR) is 128 cm³/mol. The number of carbonyl (C=O) groups is 2. The lowest BCUT2D eigenvalue weighted by atomic mass is 10.1. The summed E-state index contributed by atoms with van der Waals surface area (Å²) < 4.78 is 28.4. The summed E-state index contributed by atoms with van der Waals surface area (Å²) in [6.45, 7) is 1.32. The SMILES string of the molecule is O=C1NCCCCC1N(Cc1ccc(C(=O)N2CCC(O)C2)cc1)S(=O)(=O)c1ccc(Cl)cc1. The average Bonchev–Trinajstić information content (AvgIpc) is 3.15. The molecule has 0 spiro atoms. The van der Waals surface area contributed by atoms with E-state index in [-0.39, 0.29) is 23.3 Å². The van der Waals surface area contributed by atoms with E-state index in [1.807, 2.05) is 0 Å². The number of sulfonamides is 1. The number of hydrogen-bond donors (Lipinski definition) is 2. The highest BCUT2D eigenvalue weighted by atomic mass is 35.5. The molecular formula is C24H28ClN3O5S. The van der Waals surface area contributed by atoms with E-state index in [1.165, 1.54) is 28.6 Å². The average molecular weight is 506 g/mol. The van der Waals surface area contributed by atoms with E-state index in [4.69, 9.17) is 11.6 Å². The number of halogens is 1. The minimum Gasteiger partial charge on any atom is -0.391 e. The predicted octanol–water partition coefficient (Wildman–Crippen LogP) is 2.41. The number of amides is 2. The van der Waals surface area contributed by atoms with Gasteiger partial charge in [-0.3, -0.25) is 9.59 Å². The molecule has 2 saturated heterocycles. The number of benzene rings is 2. The van der Waals surface area contributed by atoms with Crippen molar-refractivity contribution < 1.29 is 23.1 Å². The van der Waals surface area contributed by atoms with Crippen molar-refractivity contribution in [3.63, 3.8) is 0 Å². The number of rotatable bonds is 6. The van der Waals surface area contributed by atoms with Gasteiger partial charge < -0.3 is 15.3 Å². The van der Waals surface area contributed by atoms with Crippen LogP contribution < -0.4 is 5.32 Å². The second-order valence-electron chi connectivity index (χ2n) is 8.70. The fraction of sp³-hybridized carbons (Fsp3) is 0.417. The molecule has 2 atom stereocenters. The Labute approximate surface area is 204 Å². The highest BCUT2D eigenvalue weighted by Gasteiger charge is 2.36. The van der Waals surface area contributed by atoms with Crippen LogP contribution >= 0.6 is 11.6 Å². The monoisotopic (exact) mass is 505 g/mol. The molecule has 4 rings (SSSR count). The largest absolute Gasteiger partial charge is 0.391 e. The molecule has 10 heteroatoms. The molecule has 8 nitrogen and oxygen atoms in total. The molecule has 0 aromatic heterocycles. The first-order valence-corrected chi connectivity index (χ1v) is 13.2. The molecule has 2 heterocycles. The molecule has 0 bridgehead atoms. The summed E-state index contributed by atoms with van der Waals surface area (Å²) in [5.74, 6) is -0.480. The maximum Gasteiger partial charge on any atom is 0.253 e. The summed E-state index contributed by atoms with van der Waals surface area (Å²) in [6.07, 6.45) is 2.00. The van der Waals surface area contributed by atoms with Crippen LogP contribution in [0, 0.1) is 0 Å². The van der Waals surface area contributed by atoms with E-state index >= 15 is 0 Å². The third-order valence-corrected chi connectivity index (χ3v) is 8.38. The molecule has 2 amide bonds. The zero-order valence-corrected chi connectivity index (χ0v) is 20.3. The van der Waals surface area contributed by atoms with Crippen LogP contribution in [0.2, 0.25) is 5.02 Å². The van der Waals surface area contributed by atoms with Crippen molar-refractivity contribution in [1.82, 2.24) is 14.5 Å². The normalized spacial score (nSPS) is 21.4. The van der Waals surface area contributed by atoms with E-state index in [9.17, 15) is 23.1 Å². The zero-order chi connectivity index (χ0) is 24.3. The lowest BCUT2D eigenvalue weighted by molar-refractivity contribution is -0.124. The molecular weight excluding hydrogens is 478 g/mol. The third kappa shape index (κ3) is 5.43. The van der Waals surface area contributed by atoms with Crippen LogP contribution in [0.4, 0.5) is 0 Å². The fourth-order valence-corrected chi connectivity index (χ4v) is 6.08. The van der Waals surface area contributed by atoms with Crippen LogP contribution in [0.5, 0.6) is 0 Å². The van der Waals surface area contributed by atoms with Gasteiger partial charge in [-0.2, -0.15) is 4.31 Å². The maximum absolute atomic E-state index is 13.6. The highest BCUT2D eigenvalue weighted by molar-refractivity contribution is 7.89. The summed E-state index contributed by atoms with van der Waals surface area (Å²) in [4.78, 5) is 27.1. The Bertz CT molecular complexity index is 1140. The number of nitrogens with zero attached hydrogens (tertiary/aromatic N) is 2. The highest BCUT2D eigenvalue weighted by Crippen LogP contribution is 2.26. The number of aliphatic hydroxyl groups excluding tert-OH is 1. The van der Waals surface area contributed by atoms with Gasteiger partial charge in [0.25, 0.3) is 5.91 Å². The fourth-order valence-electron chi connectivity index (χ4n) is 4.34. The molecule has 2 N–H and O–H groups in total. The Morgan fingerprint density at radius 1 is 1.09 bits per heavy atom. The van der Waals surface area contributed by atoms with Gasteiger partial charge in [0.05, 0.1) is 11.0 Å².